The van der Waals surface area contributed by atoms with E-state index in [2.05, 4.69) is 50.3 Å². The predicted molar refractivity (Wildman–Crippen MR) is 357 cm³/mol. The summed E-state index contributed by atoms with van der Waals surface area (Å²) in [6.45, 7) is 9.96. The Labute approximate surface area is 600 Å². The van der Waals surface area contributed by atoms with Gasteiger partial charge in [0.1, 0.15) is 11.6 Å². The van der Waals surface area contributed by atoms with Crippen LogP contribution in [-0.2, 0) is 66.5 Å². The first-order chi connectivity index (χ1) is 44.9. The number of aliphatic hydroxyl groups excluding tert-OH is 6. The monoisotopic (exact) mass is 1860 g/mol. The predicted octanol–water partition coefficient (Wildman–Crippen LogP) is 16.1. The zero-order valence-corrected chi connectivity index (χ0v) is 60.6. The van der Waals surface area contributed by atoms with E-state index >= 15 is 0 Å². The van der Waals surface area contributed by atoms with Crippen molar-refractivity contribution in [1.82, 2.24) is 29.9 Å². The van der Waals surface area contributed by atoms with Crippen LogP contribution in [0.5, 0.6) is 0 Å². The molecule has 513 valence electrons. The van der Waals surface area contributed by atoms with Gasteiger partial charge in [0.2, 0.25) is 0 Å². The molecule has 0 aliphatic heterocycles. The Morgan fingerprint density at radius 3 is 0.856 bits per heavy atom. The molecule has 0 bridgehead atoms. The molecule has 0 saturated heterocycles. The molecular formula is C76H71F6Ir3N6O6-3. The molecule has 12 aromatic rings. The third-order valence-electron chi connectivity index (χ3n) is 13.4. The van der Waals surface area contributed by atoms with E-state index in [1.165, 1.54) is 42.5 Å². The molecule has 9 aromatic carbocycles. The van der Waals surface area contributed by atoms with Crippen LogP contribution in [0.2, 0.25) is 0 Å². The minimum Gasteiger partial charge on any atom is -0.393 e. The first-order valence-electron chi connectivity index (χ1n) is 30.1. The molecule has 0 fully saturated rings. The summed E-state index contributed by atoms with van der Waals surface area (Å²) < 4.78 is 78.2. The second kappa shape index (κ2) is 40.2. The van der Waals surface area contributed by atoms with E-state index in [4.69, 9.17) is 40.6 Å². The van der Waals surface area contributed by atoms with Gasteiger partial charge < -0.3 is 30.6 Å². The topological polar surface area (TPSA) is 199 Å². The maximum absolute atomic E-state index is 13.3. The summed E-state index contributed by atoms with van der Waals surface area (Å²) >= 11 is 0. The van der Waals surface area contributed by atoms with Crippen LogP contribution in [0.1, 0.15) is 66.4 Å². The second-order valence-corrected chi connectivity index (χ2v) is 22.1. The van der Waals surface area contributed by atoms with E-state index in [-0.39, 0.29) is 109 Å². The number of halogens is 6. The fourth-order valence-corrected chi connectivity index (χ4v) is 9.30. The number of para-hydroxylation sites is 6. The van der Waals surface area contributed by atoms with Crippen molar-refractivity contribution in [2.45, 2.75) is 104 Å². The Bertz CT molecular complexity index is 4070. The van der Waals surface area contributed by atoms with E-state index < -0.39 is 17.6 Å². The third kappa shape index (κ3) is 25.9. The van der Waals surface area contributed by atoms with Crippen molar-refractivity contribution >= 4 is 33.1 Å². The number of rotatable bonds is 12. The average molecular weight is 1860 g/mol. The number of aliphatic hydroxyl groups is 6. The molecule has 0 aliphatic carbocycles. The fourth-order valence-electron chi connectivity index (χ4n) is 9.30. The van der Waals surface area contributed by atoms with Gasteiger partial charge >= 0.3 is 6.18 Å². The molecule has 12 rings (SSSR count). The van der Waals surface area contributed by atoms with Gasteiger partial charge in [0.05, 0.1) is 86.8 Å². The van der Waals surface area contributed by atoms with Crippen LogP contribution in [0, 0.1) is 35.7 Å². The number of hydrogen-bond acceptors (Lipinski definition) is 12. The minimum atomic E-state index is -4.44. The largest absolute Gasteiger partial charge is 0.393 e. The van der Waals surface area contributed by atoms with Crippen molar-refractivity contribution in [3.63, 3.8) is 0 Å². The molecule has 0 amide bonds. The van der Waals surface area contributed by atoms with Gasteiger partial charge in [-0.15, -0.1) is 95.6 Å². The Balaban J connectivity index is 0.000000266. The summed E-state index contributed by atoms with van der Waals surface area (Å²) in [5, 5.41) is 51.4. The zero-order valence-electron chi connectivity index (χ0n) is 53.4. The van der Waals surface area contributed by atoms with Gasteiger partial charge in [-0.05, 0) is 144 Å². The average Bonchev–Trinajstić information content (AvgIpc) is 0.803. The number of nitrogens with zero attached hydrogens (tertiary/aromatic N) is 6. The zero-order chi connectivity index (χ0) is 67.9. The second-order valence-electron chi connectivity index (χ2n) is 22.1. The van der Waals surface area contributed by atoms with Crippen LogP contribution >= 0.6 is 0 Å². The fraction of sp³-hybridized carbons (Fsp3) is 0.211. The number of alkyl halides is 3. The number of hydrogen-bond donors (Lipinski definition) is 6. The molecule has 21 heteroatoms. The molecule has 0 spiro atoms. The molecule has 3 aromatic heterocycles. The Morgan fingerprint density at radius 2 is 0.588 bits per heavy atom. The molecule has 97 heavy (non-hydrogen) atoms. The first-order valence-corrected chi connectivity index (χ1v) is 30.1. The standard InChI is InChI=1S/C21H11F4N2.C20H11F2N2.C20H13N2.3C5H12O2.3Ir/c22-16-11-7-14(8-12-16)20-19(26-17-3-1-2-4-18(17)27-20)13-5-9-15(10-6-13)21(23,24)25;21-15-9-5-13(6-10-15)19-20(14-7-11-16(22)12-8-14)24-18-4-2-1-3-17(18)23-19;1-3-9-15(10-4-1)19-20(16-11-5-2-6-12-16)22-18-14-8-7-13-17(18)21-19;3*1-4(6)3-5(2)7;;;/h1-5,7-12H;1-7,9-12H;1-11,13-14H;3*4-7H,3H2,1-2H3;;;/q3*-1;;;;;;. The molecule has 12 nitrogen and oxygen atoms in total. The van der Waals surface area contributed by atoms with E-state index in [1.54, 1.807) is 90.1 Å². The van der Waals surface area contributed by atoms with Crippen LogP contribution in [0.25, 0.3) is 101 Å². The maximum atomic E-state index is 13.3. The summed E-state index contributed by atoms with van der Waals surface area (Å²) in [5.41, 5.74) is 11.9. The van der Waals surface area contributed by atoms with Gasteiger partial charge in [-0.25, -0.2) is 8.78 Å². The van der Waals surface area contributed by atoms with E-state index in [1.807, 2.05) is 97.1 Å². The van der Waals surface area contributed by atoms with Crippen LogP contribution in [-0.4, -0.2) is 97.2 Å². The molecule has 6 atom stereocenters. The van der Waals surface area contributed by atoms with Gasteiger partial charge in [0.15, 0.2) is 0 Å². The van der Waals surface area contributed by atoms with Crippen molar-refractivity contribution in [3.8, 4) is 67.5 Å². The first kappa shape index (κ1) is 81.7. The minimum absolute atomic E-state index is 0. The van der Waals surface area contributed by atoms with Crippen molar-refractivity contribution in [2.24, 2.45) is 0 Å². The SMILES string of the molecule is CC(O)CC(C)O.CC(O)CC(C)O.CC(O)CC(C)O.Fc1c[c-]c(-c2nc3ccccc3nc2-c2ccc(F)cc2)cc1.Fc1ccc(-c2nc3ccccc3nc2-c2[c-]cc(C(F)(F)F)cc2)cc1.[Ir].[Ir].[Ir].[c-]1ccccc1-c1nc2ccccc2nc1-c1ccccc1. The molecule has 6 N–H and O–H groups in total. The van der Waals surface area contributed by atoms with Gasteiger partial charge in [-0.3, -0.25) is 34.3 Å². The summed E-state index contributed by atoms with van der Waals surface area (Å²) in [7, 11) is 0. The van der Waals surface area contributed by atoms with Crippen molar-refractivity contribution in [2.75, 3.05) is 0 Å². The smallest absolute Gasteiger partial charge is 0.381 e. The van der Waals surface area contributed by atoms with Crippen molar-refractivity contribution in [3.05, 3.63) is 254 Å². The molecule has 0 aliphatic rings. The number of aromatic nitrogens is 6. The van der Waals surface area contributed by atoms with E-state index in [0.29, 0.717) is 69.8 Å². The normalized spacial score (nSPS) is 12.5. The summed E-state index contributed by atoms with van der Waals surface area (Å²) in [6, 6.07) is 68.7. The Kier molecular flexibility index (Phi) is 33.9. The summed E-state index contributed by atoms with van der Waals surface area (Å²) in [4.78, 5) is 28.2. The van der Waals surface area contributed by atoms with Gasteiger partial charge in [-0.2, -0.15) is 13.2 Å². The van der Waals surface area contributed by atoms with Crippen LogP contribution in [0.3, 0.4) is 0 Å². The molecule has 3 heterocycles. The molecular weight excluding hydrogens is 1780 g/mol. The van der Waals surface area contributed by atoms with Gasteiger partial charge in [0, 0.05) is 83.2 Å². The third-order valence-corrected chi connectivity index (χ3v) is 13.4. The summed E-state index contributed by atoms with van der Waals surface area (Å²) in [5.74, 6) is -1.08. The number of fused-ring (bicyclic) bond motifs is 3. The molecule has 3 radical (unpaired) electrons. The van der Waals surface area contributed by atoms with Gasteiger partial charge in [-0.1, -0.05) is 91.0 Å². The van der Waals surface area contributed by atoms with Crippen molar-refractivity contribution < 1.29 is 117 Å². The van der Waals surface area contributed by atoms with Crippen LogP contribution < -0.4 is 0 Å². The van der Waals surface area contributed by atoms with Crippen molar-refractivity contribution in [1.29, 1.82) is 0 Å². The Hall–Kier alpha value is -7.71. The van der Waals surface area contributed by atoms with E-state index in [9.17, 15) is 26.3 Å². The van der Waals surface area contributed by atoms with Crippen LogP contribution in [0.15, 0.2) is 212 Å². The summed E-state index contributed by atoms with van der Waals surface area (Å²) in [6.07, 6.45) is -5.27. The quantitative estimate of drug-likeness (QED) is 0.0501. The van der Waals surface area contributed by atoms with Gasteiger partial charge in [0.25, 0.3) is 0 Å². The maximum Gasteiger partial charge on any atom is 0.381 e. The number of benzene rings is 9. The van der Waals surface area contributed by atoms with Crippen LogP contribution in [0.4, 0.5) is 26.3 Å². The molecule has 6 unspecified atom stereocenters. The Morgan fingerprint density at radius 1 is 0.309 bits per heavy atom. The van der Waals surface area contributed by atoms with E-state index in [0.717, 1.165) is 62.3 Å². The molecule has 0 saturated carbocycles.